The molecule has 1 amide bonds. The van der Waals surface area contributed by atoms with Gasteiger partial charge in [-0.1, -0.05) is 0 Å². The van der Waals surface area contributed by atoms with Crippen molar-refractivity contribution in [2.24, 2.45) is 0 Å². The molecule has 2 heterocycles. The number of H-pyrrole nitrogens is 1. The maximum Gasteiger partial charge on any atom is 0.262 e. The van der Waals surface area contributed by atoms with Crippen LogP contribution in [0.3, 0.4) is 0 Å². The van der Waals surface area contributed by atoms with E-state index in [-0.39, 0.29) is 18.3 Å². The number of rotatable bonds is 2. The number of aromatic nitrogens is 2. The molecule has 19 heavy (non-hydrogen) atoms. The summed E-state index contributed by atoms with van der Waals surface area (Å²) in [4.78, 5) is 22.3. The molecule has 7 nitrogen and oxygen atoms in total. The molecule has 96 valence electrons. The fourth-order valence-electron chi connectivity index (χ4n) is 1.94. The maximum absolute atomic E-state index is 11.3. The molecular weight excluding hydrogens is 248 g/mol. The Labute approximate surface area is 107 Å². The van der Waals surface area contributed by atoms with E-state index in [0.29, 0.717) is 34.5 Å². The first-order chi connectivity index (χ1) is 9.19. The fourth-order valence-corrected chi connectivity index (χ4v) is 1.94. The van der Waals surface area contributed by atoms with Crippen LogP contribution >= 0.6 is 0 Å². The summed E-state index contributed by atoms with van der Waals surface area (Å²) in [7, 11) is 0. The van der Waals surface area contributed by atoms with Gasteiger partial charge in [0.05, 0.1) is 16.9 Å². The van der Waals surface area contributed by atoms with Crippen molar-refractivity contribution in [1.82, 2.24) is 10.2 Å². The predicted molar refractivity (Wildman–Crippen MR) is 67.9 cm³/mol. The van der Waals surface area contributed by atoms with E-state index >= 15 is 0 Å². The number of hydrogen-bond acceptors (Lipinski definition) is 5. The minimum absolute atomic E-state index is 0.00292. The van der Waals surface area contributed by atoms with Gasteiger partial charge in [-0.3, -0.25) is 14.7 Å². The number of carbonyl (C=O) groups excluding carboxylic acids is 2. The molecule has 3 rings (SSSR count). The zero-order valence-electron chi connectivity index (χ0n) is 9.77. The quantitative estimate of drug-likeness (QED) is 0.690. The minimum atomic E-state index is -0.218. The minimum Gasteiger partial charge on any atom is -0.482 e. The number of aromatic amines is 1. The van der Waals surface area contributed by atoms with Crippen molar-refractivity contribution in [2.45, 2.75) is 0 Å². The Hall–Kier alpha value is -2.83. The molecule has 1 aliphatic heterocycles. The van der Waals surface area contributed by atoms with Crippen LogP contribution in [0.2, 0.25) is 0 Å². The Morgan fingerprint density at radius 3 is 3.05 bits per heavy atom. The molecule has 0 saturated heterocycles. The highest BCUT2D eigenvalue weighted by Gasteiger charge is 2.18. The number of benzene rings is 1. The van der Waals surface area contributed by atoms with Gasteiger partial charge >= 0.3 is 0 Å². The molecule has 0 atom stereocenters. The summed E-state index contributed by atoms with van der Waals surface area (Å²) < 4.78 is 5.26. The van der Waals surface area contributed by atoms with E-state index in [4.69, 9.17) is 10.5 Å². The molecule has 2 aromatic rings. The first-order valence-corrected chi connectivity index (χ1v) is 5.55. The van der Waals surface area contributed by atoms with Crippen LogP contribution in [0.5, 0.6) is 5.75 Å². The third kappa shape index (κ3) is 1.81. The summed E-state index contributed by atoms with van der Waals surface area (Å²) in [6.07, 6.45) is 0.642. The summed E-state index contributed by atoms with van der Waals surface area (Å²) in [5.74, 6) is 0.510. The van der Waals surface area contributed by atoms with Crippen molar-refractivity contribution >= 4 is 23.7 Å². The normalized spacial score (nSPS) is 13.4. The van der Waals surface area contributed by atoms with Crippen LogP contribution in [0, 0.1) is 0 Å². The lowest BCUT2D eigenvalue weighted by Gasteiger charge is -2.18. The van der Waals surface area contributed by atoms with Gasteiger partial charge < -0.3 is 15.8 Å². The number of hydrogen-bond donors (Lipinski definition) is 3. The molecule has 0 spiro atoms. The van der Waals surface area contributed by atoms with Crippen molar-refractivity contribution in [2.75, 3.05) is 17.7 Å². The van der Waals surface area contributed by atoms with Gasteiger partial charge in [0.2, 0.25) is 0 Å². The molecule has 7 heteroatoms. The number of nitrogens with one attached hydrogen (secondary N) is 2. The highest BCUT2D eigenvalue weighted by Crippen LogP contribution is 2.33. The van der Waals surface area contributed by atoms with Crippen LogP contribution in [-0.2, 0) is 4.79 Å². The van der Waals surface area contributed by atoms with Gasteiger partial charge in [-0.2, -0.15) is 5.10 Å². The van der Waals surface area contributed by atoms with Gasteiger partial charge in [-0.15, -0.1) is 0 Å². The summed E-state index contributed by atoms with van der Waals surface area (Å²) in [6.45, 7) is 0.00292. The summed E-state index contributed by atoms with van der Waals surface area (Å²) in [5, 5.41) is 9.19. The molecule has 0 saturated carbocycles. The number of fused-ring (bicyclic) bond motifs is 1. The number of amides is 1. The van der Waals surface area contributed by atoms with E-state index in [9.17, 15) is 9.59 Å². The van der Waals surface area contributed by atoms with E-state index < -0.39 is 0 Å². The van der Waals surface area contributed by atoms with E-state index in [1.165, 1.54) is 0 Å². The molecule has 1 aliphatic rings. The SMILES string of the molecule is Nc1n[nH]c(-c2ccc3c(c2)NC(=O)CO3)c1C=O. The third-order valence-electron chi connectivity index (χ3n) is 2.85. The maximum atomic E-state index is 11.3. The van der Waals surface area contributed by atoms with Crippen LogP contribution in [-0.4, -0.2) is 29.0 Å². The number of carbonyl (C=O) groups is 2. The van der Waals surface area contributed by atoms with E-state index in [1.807, 2.05) is 0 Å². The van der Waals surface area contributed by atoms with Crippen molar-refractivity contribution in [3.8, 4) is 17.0 Å². The van der Waals surface area contributed by atoms with Crippen LogP contribution in [0.25, 0.3) is 11.3 Å². The van der Waals surface area contributed by atoms with Gasteiger partial charge in [-0.05, 0) is 18.2 Å². The van der Waals surface area contributed by atoms with E-state index in [2.05, 4.69) is 15.5 Å². The van der Waals surface area contributed by atoms with Crippen molar-refractivity contribution in [3.05, 3.63) is 23.8 Å². The second-order valence-corrected chi connectivity index (χ2v) is 4.06. The number of aldehydes is 1. The Morgan fingerprint density at radius 2 is 2.26 bits per heavy atom. The molecule has 0 fully saturated rings. The van der Waals surface area contributed by atoms with Crippen LogP contribution in [0.15, 0.2) is 18.2 Å². The zero-order chi connectivity index (χ0) is 13.4. The van der Waals surface area contributed by atoms with Crippen molar-refractivity contribution in [1.29, 1.82) is 0 Å². The molecule has 0 bridgehead atoms. The Bertz CT molecular complexity index is 678. The Balaban J connectivity index is 2.09. The van der Waals surface area contributed by atoms with Gasteiger partial charge in [0.1, 0.15) is 5.75 Å². The summed E-state index contributed by atoms with van der Waals surface area (Å²) in [6, 6.07) is 5.18. The highest BCUT2D eigenvalue weighted by atomic mass is 16.5. The van der Waals surface area contributed by atoms with Crippen LogP contribution in [0.1, 0.15) is 10.4 Å². The zero-order valence-corrected chi connectivity index (χ0v) is 9.77. The first-order valence-electron chi connectivity index (χ1n) is 5.55. The lowest BCUT2D eigenvalue weighted by atomic mass is 10.1. The largest absolute Gasteiger partial charge is 0.482 e. The Kier molecular flexibility index (Phi) is 2.45. The molecule has 4 N–H and O–H groups in total. The topological polar surface area (TPSA) is 110 Å². The number of nitrogens with two attached hydrogens (primary N) is 1. The first kappa shape index (κ1) is 11.3. The van der Waals surface area contributed by atoms with Crippen LogP contribution in [0.4, 0.5) is 11.5 Å². The second kappa shape index (κ2) is 4.13. The van der Waals surface area contributed by atoms with Crippen molar-refractivity contribution in [3.63, 3.8) is 0 Å². The monoisotopic (exact) mass is 258 g/mol. The molecular formula is C12H10N4O3. The number of anilines is 2. The molecule has 1 aromatic heterocycles. The lowest BCUT2D eigenvalue weighted by Crippen LogP contribution is -2.25. The van der Waals surface area contributed by atoms with E-state index in [0.717, 1.165) is 0 Å². The lowest BCUT2D eigenvalue weighted by molar-refractivity contribution is -0.118. The van der Waals surface area contributed by atoms with Gasteiger partial charge in [0, 0.05) is 5.56 Å². The molecule has 0 radical (unpaired) electrons. The van der Waals surface area contributed by atoms with Crippen molar-refractivity contribution < 1.29 is 14.3 Å². The molecule has 0 unspecified atom stereocenters. The smallest absolute Gasteiger partial charge is 0.262 e. The molecule has 0 aliphatic carbocycles. The highest BCUT2D eigenvalue weighted by molar-refractivity contribution is 5.97. The third-order valence-corrected chi connectivity index (χ3v) is 2.85. The number of nitrogens with zero attached hydrogens (tertiary/aromatic N) is 1. The number of ether oxygens (including phenoxy) is 1. The predicted octanol–water partition coefficient (Wildman–Crippen LogP) is 0.802. The van der Waals surface area contributed by atoms with E-state index in [1.54, 1.807) is 18.2 Å². The standard InChI is InChI=1S/C12H10N4O3/c13-12-7(4-17)11(15-16-12)6-1-2-9-8(3-6)14-10(18)5-19-9/h1-4H,5H2,(H,14,18)(H3,13,15,16). The second-order valence-electron chi connectivity index (χ2n) is 4.06. The van der Waals surface area contributed by atoms with Gasteiger partial charge in [0.25, 0.3) is 5.91 Å². The van der Waals surface area contributed by atoms with Crippen LogP contribution < -0.4 is 15.8 Å². The molecule has 1 aromatic carbocycles. The number of nitrogen functional groups attached to an aromatic ring is 1. The van der Waals surface area contributed by atoms with Gasteiger partial charge in [0.15, 0.2) is 18.7 Å². The Morgan fingerprint density at radius 1 is 1.42 bits per heavy atom. The fraction of sp³-hybridized carbons (Fsp3) is 0.0833. The summed E-state index contributed by atoms with van der Waals surface area (Å²) >= 11 is 0. The average molecular weight is 258 g/mol. The van der Waals surface area contributed by atoms with Gasteiger partial charge in [-0.25, -0.2) is 0 Å². The summed E-state index contributed by atoms with van der Waals surface area (Å²) in [5.41, 5.74) is 7.63. The average Bonchev–Trinajstić information content (AvgIpc) is 2.79.